The Morgan fingerprint density at radius 1 is 1.11 bits per heavy atom. The van der Waals surface area contributed by atoms with Gasteiger partial charge in [-0.3, -0.25) is 9.59 Å². The van der Waals surface area contributed by atoms with Gasteiger partial charge < -0.3 is 9.84 Å². The van der Waals surface area contributed by atoms with Crippen LogP contribution in [0.2, 0.25) is 0 Å². The number of rotatable bonds is 1. The summed E-state index contributed by atoms with van der Waals surface area (Å²) in [5, 5.41) is 9.27. The van der Waals surface area contributed by atoms with Crippen molar-refractivity contribution in [3.8, 4) is 5.75 Å². The molecule has 98 valence electrons. The van der Waals surface area contributed by atoms with E-state index in [0.29, 0.717) is 18.6 Å². The van der Waals surface area contributed by atoms with E-state index in [4.69, 9.17) is 4.74 Å². The molecule has 0 saturated carbocycles. The Bertz CT molecular complexity index is 556. The van der Waals surface area contributed by atoms with Crippen molar-refractivity contribution in [3.63, 3.8) is 0 Å². The van der Waals surface area contributed by atoms with E-state index >= 15 is 0 Å². The van der Waals surface area contributed by atoms with Gasteiger partial charge in [0.05, 0.1) is 11.8 Å². The lowest BCUT2D eigenvalue weighted by molar-refractivity contribution is -0.130. The third-order valence-electron chi connectivity index (χ3n) is 3.73. The summed E-state index contributed by atoms with van der Waals surface area (Å²) in [5.41, 5.74) is 0.846. The monoisotopic (exact) mass is 258 g/mol. The Kier molecular flexibility index (Phi) is 2.85. The highest BCUT2D eigenvalue weighted by molar-refractivity contribution is 5.97. The van der Waals surface area contributed by atoms with E-state index in [0.717, 1.165) is 5.56 Å². The maximum Gasteiger partial charge on any atom is 0.159 e. The van der Waals surface area contributed by atoms with Crippen LogP contribution in [0.1, 0.15) is 24.3 Å². The number of fused-ring (bicyclic) bond motifs is 1. The third kappa shape index (κ3) is 2.14. The summed E-state index contributed by atoms with van der Waals surface area (Å²) < 4.78 is 5.58. The fourth-order valence-corrected chi connectivity index (χ4v) is 2.66. The molecule has 0 amide bonds. The lowest BCUT2D eigenvalue weighted by Gasteiger charge is -2.32. The quantitative estimate of drug-likeness (QED) is 0.836. The van der Waals surface area contributed by atoms with E-state index < -0.39 is 0 Å². The van der Waals surface area contributed by atoms with Crippen molar-refractivity contribution in [1.29, 1.82) is 0 Å². The third-order valence-corrected chi connectivity index (χ3v) is 3.73. The highest BCUT2D eigenvalue weighted by Gasteiger charge is 2.38. The van der Waals surface area contributed by atoms with Crippen LogP contribution >= 0.6 is 0 Å². The Morgan fingerprint density at radius 2 is 1.84 bits per heavy atom. The van der Waals surface area contributed by atoms with Crippen LogP contribution in [0, 0.1) is 5.92 Å². The molecular weight excluding hydrogens is 244 g/mol. The highest BCUT2D eigenvalue weighted by atomic mass is 16.5. The zero-order valence-electron chi connectivity index (χ0n) is 10.3. The Hall–Kier alpha value is -2.10. The molecule has 4 nitrogen and oxygen atoms in total. The SMILES string of the molecule is O=C1C=C2OCC(c3ccc(O)cc3)C(=O)C2CC1. The van der Waals surface area contributed by atoms with E-state index in [1.807, 2.05) is 0 Å². The van der Waals surface area contributed by atoms with Crippen molar-refractivity contribution in [1.82, 2.24) is 0 Å². The smallest absolute Gasteiger partial charge is 0.159 e. The standard InChI is InChI=1S/C15H14O4/c16-10-3-1-9(2-4-10)13-8-19-14-7-11(17)5-6-12(14)15(13)18/h1-4,7,12-13,16H,5-6,8H2. The van der Waals surface area contributed by atoms with E-state index in [-0.39, 0.29) is 35.8 Å². The number of allylic oxidation sites excluding steroid dienone is 2. The van der Waals surface area contributed by atoms with Gasteiger partial charge in [0.1, 0.15) is 18.1 Å². The largest absolute Gasteiger partial charge is 0.508 e. The topological polar surface area (TPSA) is 63.6 Å². The number of carbonyl (C=O) groups is 2. The van der Waals surface area contributed by atoms with Crippen LogP contribution in [-0.4, -0.2) is 23.3 Å². The first kappa shape index (κ1) is 12.0. The molecule has 0 aromatic heterocycles. The van der Waals surface area contributed by atoms with Crippen LogP contribution < -0.4 is 0 Å². The first-order valence-electron chi connectivity index (χ1n) is 6.35. The molecule has 2 unspecified atom stereocenters. The number of phenolic OH excluding ortho intramolecular Hbond substituents is 1. The molecule has 3 rings (SSSR count). The van der Waals surface area contributed by atoms with Gasteiger partial charge in [-0.25, -0.2) is 0 Å². The minimum absolute atomic E-state index is 0.0298. The van der Waals surface area contributed by atoms with Gasteiger partial charge in [-0.05, 0) is 24.1 Å². The summed E-state index contributed by atoms with van der Waals surface area (Å²) in [4.78, 5) is 23.8. The normalized spacial score (nSPS) is 26.4. The summed E-state index contributed by atoms with van der Waals surface area (Å²) in [7, 11) is 0. The fourth-order valence-electron chi connectivity index (χ4n) is 2.66. The summed E-state index contributed by atoms with van der Waals surface area (Å²) >= 11 is 0. The summed E-state index contributed by atoms with van der Waals surface area (Å²) in [6, 6.07) is 6.62. The van der Waals surface area contributed by atoms with Crippen LogP contribution in [-0.2, 0) is 14.3 Å². The van der Waals surface area contributed by atoms with Gasteiger partial charge in [-0.1, -0.05) is 12.1 Å². The van der Waals surface area contributed by atoms with Gasteiger partial charge in [-0.2, -0.15) is 0 Å². The molecule has 2 aliphatic rings. The second-order valence-electron chi connectivity index (χ2n) is 4.96. The lowest BCUT2D eigenvalue weighted by Crippen LogP contribution is -2.35. The maximum absolute atomic E-state index is 12.5. The van der Waals surface area contributed by atoms with E-state index in [1.54, 1.807) is 24.3 Å². The molecule has 0 spiro atoms. The van der Waals surface area contributed by atoms with Gasteiger partial charge in [0.15, 0.2) is 11.6 Å². The van der Waals surface area contributed by atoms with Gasteiger partial charge in [0.25, 0.3) is 0 Å². The minimum Gasteiger partial charge on any atom is -0.508 e. The zero-order valence-corrected chi connectivity index (χ0v) is 10.3. The van der Waals surface area contributed by atoms with Crippen LogP contribution in [0.4, 0.5) is 0 Å². The molecule has 1 aliphatic heterocycles. The Morgan fingerprint density at radius 3 is 2.58 bits per heavy atom. The van der Waals surface area contributed by atoms with Gasteiger partial charge in [-0.15, -0.1) is 0 Å². The zero-order chi connectivity index (χ0) is 13.4. The summed E-state index contributed by atoms with van der Waals surface area (Å²) in [6.45, 7) is 0.263. The number of ether oxygens (including phenoxy) is 1. The summed E-state index contributed by atoms with van der Waals surface area (Å²) in [5.74, 6) is 0.243. The van der Waals surface area contributed by atoms with E-state index in [9.17, 15) is 14.7 Å². The van der Waals surface area contributed by atoms with E-state index in [2.05, 4.69) is 0 Å². The molecule has 1 heterocycles. The number of Topliss-reactive ketones (excluding diaryl/α,β-unsaturated/α-hetero) is 1. The van der Waals surface area contributed by atoms with E-state index in [1.165, 1.54) is 6.08 Å². The van der Waals surface area contributed by atoms with Crippen LogP contribution in [0.25, 0.3) is 0 Å². The number of aromatic hydroxyl groups is 1. The van der Waals surface area contributed by atoms with Crippen LogP contribution in [0.15, 0.2) is 36.1 Å². The molecule has 1 saturated heterocycles. The molecule has 2 atom stereocenters. The fraction of sp³-hybridized carbons (Fsp3) is 0.333. The van der Waals surface area contributed by atoms with Crippen molar-refractivity contribution in [3.05, 3.63) is 41.7 Å². The van der Waals surface area contributed by atoms with Crippen molar-refractivity contribution < 1.29 is 19.4 Å². The molecular formula is C15H14O4. The van der Waals surface area contributed by atoms with Gasteiger partial charge >= 0.3 is 0 Å². The first-order valence-corrected chi connectivity index (χ1v) is 6.35. The number of ketones is 2. The number of hydrogen-bond donors (Lipinski definition) is 1. The van der Waals surface area contributed by atoms with Crippen molar-refractivity contribution >= 4 is 11.6 Å². The molecule has 0 radical (unpaired) electrons. The maximum atomic E-state index is 12.5. The second-order valence-corrected chi connectivity index (χ2v) is 4.96. The molecule has 1 N–H and O–H groups in total. The number of carbonyl (C=O) groups excluding carboxylic acids is 2. The number of phenols is 1. The summed E-state index contributed by atoms with van der Waals surface area (Å²) in [6.07, 6.45) is 2.41. The van der Waals surface area contributed by atoms with Crippen molar-refractivity contribution in [2.75, 3.05) is 6.61 Å². The average molecular weight is 258 g/mol. The highest BCUT2D eigenvalue weighted by Crippen LogP contribution is 2.36. The number of benzene rings is 1. The molecule has 1 aliphatic carbocycles. The molecule has 19 heavy (non-hydrogen) atoms. The minimum atomic E-state index is -0.309. The lowest BCUT2D eigenvalue weighted by atomic mass is 9.79. The molecule has 1 aromatic rings. The molecule has 0 bridgehead atoms. The van der Waals surface area contributed by atoms with Crippen molar-refractivity contribution in [2.24, 2.45) is 5.92 Å². The van der Waals surface area contributed by atoms with Crippen LogP contribution in [0.5, 0.6) is 5.75 Å². The average Bonchev–Trinajstić information content (AvgIpc) is 2.40. The first-order chi connectivity index (χ1) is 9.15. The predicted octanol–water partition coefficient (Wildman–Crippen LogP) is 1.94. The van der Waals surface area contributed by atoms with Crippen molar-refractivity contribution in [2.45, 2.75) is 18.8 Å². The number of hydrogen-bond acceptors (Lipinski definition) is 4. The molecule has 1 aromatic carbocycles. The predicted molar refractivity (Wildman–Crippen MR) is 67.6 cm³/mol. The Balaban J connectivity index is 1.87. The van der Waals surface area contributed by atoms with Crippen LogP contribution in [0.3, 0.4) is 0 Å². The van der Waals surface area contributed by atoms with Gasteiger partial charge in [0, 0.05) is 12.5 Å². The Labute approximate surface area is 110 Å². The molecule has 1 fully saturated rings. The van der Waals surface area contributed by atoms with Gasteiger partial charge in [0.2, 0.25) is 0 Å². The molecule has 4 heteroatoms. The second kappa shape index (κ2) is 4.53.